The molecule has 1 aliphatic rings. The first kappa shape index (κ1) is 10.1. The molecule has 0 spiro atoms. The first-order chi connectivity index (χ1) is 6.89. The molecule has 0 atom stereocenters. The number of carbonyl (C=O) groups excluding carboxylic acids is 1. The lowest BCUT2D eigenvalue weighted by atomic mass is 10.1. The monoisotopic (exact) mass is 228 g/mol. The number of aromatic hydroxyl groups is 1. The van der Waals surface area contributed by atoms with Gasteiger partial charge in [0.05, 0.1) is 0 Å². The predicted octanol–water partition coefficient (Wildman–Crippen LogP) is 2.33. The molecule has 80 valence electrons. The van der Waals surface area contributed by atoms with Crippen molar-refractivity contribution in [1.82, 2.24) is 0 Å². The lowest BCUT2D eigenvalue weighted by molar-refractivity contribution is -0.127. The van der Waals surface area contributed by atoms with E-state index in [1.165, 1.54) is 12.1 Å². The van der Waals surface area contributed by atoms with E-state index in [-0.39, 0.29) is 17.1 Å². The van der Waals surface area contributed by atoms with Crippen molar-refractivity contribution >= 4 is 17.6 Å². The molecule has 5 heteroatoms. The summed E-state index contributed by atoms with van der Waals surface area (Å²) in [6, 6.07) is 2.74. The number of phenolic OH excluding ortho intramolecular Hbond substituents is 1. The summed E-state index contributed by atoms with van der Waals surface area (Å²) in [6.45, 7) is 3.21. The molecule has 1 aromatic rings. The fourth-order valence-corrected chi connectivity index (χ4v) is 1.62. The molecule has 4 nitrogen and oxygen atoms in total. The van der Waals surface area contributed by atoms with Crippen LogP contribution in [-0.4, -0.2) is 16.9 Å². The molecule has 0 unspecified atom stereocenters. The Kier molecular flexibility index (Phi) is 2.04. The third-order valence-electron chi connectivity index (χ3n) is 1.94. The molecular formula is C10H9ClO4. The maximum atomic E-state index is 11.5. The number of hydrogen-bond acceptors (Lipinski definition) is 4. The molecule has 0 bridgehead atoms. The lowest BCUT2D eigenvalue weighted by Crippen LogP contribution is -2.38. The first-order valence-corrected chi connectivity index (χ1v) is 4.72. The minimum atomic E-state index is -1.04. The molecule has 2 rings (SSSR count). The molecule has 15 heavy (non-hydrogen) atoms. The molecule has 0 aliphatic carbocycles. The van der Waals surface area contributed by atoms with Crippen LogP contribution in [0.1, 0.15) is 24.2 Å². The molecular weight excluding hydrogens is 220 g/mol. The summed E-state index contributed by atoms with van der Waals surface area (Å²) in [5.41, 5.74) is 0.0127. The molecule has 1 heterocycles. The van der Waals surface area contributed by atoms with Crippen LogP contribution in [0.2, 0.25) is 5.02 Å². The zero-order valence-corrected chi connectivity index (χ0v) is 8.96. The maximum absolute atomic E-state index is 11.5. The predicted molar refractivity (Wildman–Crippen MR) is 53.2 cm³/mol. The summed E-state index contributed by atoms with van der Waals surface area (Å²) in [4.78, 5) is 11.5. The van der Waals surface area contributed by atoms with Gasteiger partial charge in [0.2, 0.25) is 5.79 Å². The van der Waals surface area contributed by atoms with E-state index >= 15 is 0 Å². The highest BCUT2D eigenvalue weighted by Crippen LogP contribution is 2.38. The Balaban J connectivity index is 2.60. The van der Waals surface area contributed by atoms with Gasteiger partial charge < -0.3 is 14.6 Å². The third kappa shape index (κ3) is 1.72. The van der Waals surface area contributed by atoms with Crippen molar-refractivity contribution in [2.24, 2.45) is 0 Å². The fourth-order valence-electron chi connectivity index (χ4n) is 1.41. The summed E-state index contributed by atoms with van der Waals surface area (Å²) in [5, 5.41) is 9.82. The van der Waals surface area contributed by atoms with Crippen LogP contribution in [0.3, 0.4) is 0 Å². The van der Waals surface area contributed by atoms with Gasteiger partial charge in [-0.3, -0.25) is 0 Å². The van der Waals surface area contributed by atoms with Crippen molar-refractivity contribution in [2.45, 2.75) is 19.6 Å². The number of carbonyl (C=O) groups is 1. The highest BCUT2D eigenvalue weighted by Gasteiger charge is 2.36. The van der Waals surface area contributed by atoms with Crippen LogP contribution in [0, 0.1) is 0 Å². The van der Waals surface area contributed by atoms with Gasteiger partial charge in [-0.05, 0) is 6.07 Å². The Morgan fingerprint density at radius 3 is 2.67 bits per heavy atom. The van der Waals surface area contributed by atoms with Crippen LogP contribution in [-0.2, 0) is 4.74 Å². The number of hydrogen-bond donors (Lipinski definition) is 1. The lowest BCUT2D eigenvalue weighted by Gasteiger charge is -2.31. The summed E-state index contributed by atoms with van der Waals surface area (Å²) >= 11 is 5.73. The van der Waals surface area contributed by atoms with Crippen LogP contribution in [0.25, 0.3) is 0 Å². The number of phenols is 1. The molecule has 1 aliphatic heterocycles. The summed E-state index contributed by atoms with van der Waals surface area (Å²) in [6.07, 6.45) is 0. The summed E-state index contributed by atoms with van der Waals surface area (Å²) in [7, 11) is 0. The van der Waals surface area contributed by atoms with E-state index in [4.69, 9.17) is 21.1 Å². The molecule has 0 fully saturated rings. The van der Waals surface area contributed by atoms with Gasteiger partial charge in [0.1, 0.15) is 17.1 Å². The molecule has 0 saturated carbocycles. The molecule has 1 aromatic carbocycles. The average molecular weight is 229 g/mol. The largest absolute Gasteiger partial charge is 0.507 e. The Morgan fingerprint density at radius 2 is 2.00 bits per heavy atom. The normalized spacial score (nSPS) is 17.7. The topological polar surface area (TPSA) is 55.8 Å². The van der Waals surface area contributed by atoms with Gasteiger partial charge in [0, 0.05) is 24.9 Å². The number of cyclic esters (lactones) is 1. The Labute approximate surface area is 91.4 Å². The number of fused-ring (bicyclic) bond motifs is 1. The average Bonchev–Trinajstić information content (AvgIpc) is 1.97. The zero-order valence-electron chi connectivity index (χ0n) is 8.20. The SMILES string of the molecule is CC1(C)OC(=O)c2c(O)cc(Cl)cc2O1. The summed E-state index contributed by atoms with van der Waals surface area (Å²) in [5.74, 6) is -1.66. The molecule has 0 amide bonds. The quantitative estimate of drug-likeness (QED) is 0.693. The third-order valence-corrected chi connectivity index (χ3v) is 2.16. The second-order valence-electron chi connectivity index (χ2n) is 3.69. The fraction of sp³-hybridized carbons (Fsp3) is 0.300. The van der Waals surface area contributed by atoms with Gasteiger partial charge in [-0.1, -0.05) is 11.6 Å². The molecule has 0 aromatic heterocycles. The Morgan fingerprint density at radius 1 is 1.33 bits per heavy atom. The Hall–Kier alpha value is -1.42. The smallest absolute Gasteiger partial charge is 0.349 e. The minimum absolute atomic E-state index is 0.0127. The van der Waals surface area contributed by atoms with Gasteiger partial charge in [-0.25, -0.2) is 4.79 Å². The van der Waals surface area contributed by atoms with Crippen molar-refractivity contribution in [3.63, 3.8) is 0 Å². The highest BCUT2D eigenvalue weighted by molar-refractivity contribution is 6.31. The number of rotatable bonds is 0. The van der Waals surface area contributed by atoms with Crippen LogP contribution >= 0.6 is 11.6 Å². The number of ether oxygens (including phenoxy) is 2. The second kappa shape index (κ2) is 3.03. The summed E-state index contributed by atoms with van der Waals surface area (Å²) < 4.78 is 10.3. The van der Waals surface area contributed by atoms with Crippen LogP contribution in [0.5, 0.6) is 11.5 Å². The van der Waals surface area contributed by atoms with Gasteiger partial charge in [-0.2, -0.15) is 0 Å². The second-order valence-corrected chi connectivity index (χ2v) is 4.13. The van der Waals surface area contributed by atoms with Gasteiger partial charge in [0.25, 0.3) is 0 Å². The first-order valence-electron chi connectivity index (χ1n) is 4.34. The van der Waals surface area contributed by atoms with Crippen molar-refractivity contribution < 1.29 is 19.4 Å². The van der Waals surface area contributed by atoms with E-state index in [1.807, 2.05) is 0 Å². The maximum Gasteiger partial charge on any atom is 0.349 e. The van der Waals surface area contributed by atoms with E-state index < -0.39 is 11.8 Å². The van der Waals surface area contributed by atoms with E-state index in [9.17, 15) is 9.90 Å². The van der Waals surface area contributed by atoms with Gasteiger partial charge in [-0.15, -0.1) is 0 Å². The number of benzene rings is 1. The standard InChI is InChI=1S/C10H9ClO4/c1-10(2)14-7-4-5(11)3-6(12)8(7)9(13)15-10/h3-4,12H,1-2H3. The van der Waals surface area contributed by atoms with Crippen LogP contribution in [0.15, 0.2) is 12.1 Å². The number of esters is 1. The van der Waals surface area contributed by atoms with E-state index in [0.717, 1.165) is 0 Å². The molecule has 1 N–H and O–H groups in total. The van der Waals surface area contributed by atoms with Crippen molar-refractivity contribution in [3.8, 4) is 11.5 Å². The van der Waals surface area contributed by atoms with Gasteiger partial charge in [0.15, 0.2) is 0 Å². The molecule has 0 saturated heterocycles. The number of halogens is 1. The van der Waals surface area contributed by atoms with Gasteiger partial charge >= 0.3 is 5.97 Å². The van der Waals surface area contributed by atoms with Crippen LogP contribution in [0.4, 0.5) is 0 Å². The Bertz CT molecular complexity index is 439. The van der Waals surface area contributed by atoms with E-state index in [1.54, 1.807) is 13.8 Å². The minimum Gasteiger partial charge on any atom is -0.507 e. The van der Waals surface area contributed by atoms with Crippen molar-refractivity contribution in [2.75, 3.05) is 0 Å². The van der Waals surface area contributed by atoms with E-state index in [2.05, 4.69) is 0 Å². The van der Waals surface area contributed by atoms with Crippen molar-refractivity contribution in [1.29, 1.82) is 0 Å². The van der Waals surface area contributed by atoms with Crippen molar-refractivity contribution in [3.05, 3.63) is 22.7 Å². The zero-order chi connectivity index (χ0) is 11.2. The molecule has 0 radical (unpaired) electrons. The van der Waals surface area contributed by atoms with E-state index in [0.29, 0.717) is 5.02 Å². The van der Waals surface area contributed by atoms with Crippen LogP contribution < -0.4 is 4.74 Å². The highest BCUT2D eigenvalue weighted by atomic mass is 35.5.